The summed E-state index contributed by atoms with van der Waals surface area (Å²) in [6.45, 7) is 4.81. The van der Waals surface area contributed by atoms with Gasteiger partial charge in [0.2, 0.25) is 5.95 Å². The lowest BCUT2D eigenvalue weighted by Crippen LogP contribution is -2.16. The third kappa shape index (κ3) is 2.78. The Kier molecular flexibility index (Phi) is 3.96. The average molecular weight is 375 g/mol. The predicted octanol–water partition coefficient (Wildman–Crippen LogP) is 2.23. The number of ether oxygens (including phenoxy) is 1. The zero-order valence-electron chi connectivity index (χ0n) is 15.9. The molecule has 0 spiro atoms. The fraction of sp³-hybridized carbons (Fsp3) is 0.300. The first-order valence-electron chi connectivity index (χ1n) is 9.21. The van der Waals surface area contributed by atoms with Crippen molar-refractivity contribution in [1.29, 1.82) is 0 Å². The Hall–Kier alpha value is -3.10. The van der Waals surface area contributed by atoms with Gasteiger partial charge in [0.1, 0.15) is 0 Å². The Morgan fingerprint density at radius 2 is 2.11 bits per heavy atom. The lowest BCUT2D eigenvalue weighted by molar-refractivity contribution is 0.186. The second-order valence-corrected chi connectivity index (χ2v) is 7.24. The highest BCUT2D eigenvalue weighted by molar-refractivity contribution is 5.94. The molecule has 0 unspecified atom stereocenters. The van der Waals surface area contributed by atoms with Gasteiger partial charge in [-0.1, -0.05) is 12.1 Å². The number of fused-ring (bicyclic) bond motifs is 4. The minimum absolute atomic E-state index is 0.328. The van der Waals surface area contributed by atoms with E-state index in [1.807, 2.05) is 12.3 Å². The fourth-order valence-electron chi connectivity index (χ4n) is 3.92. The van der Waals surface area contributed by atoms with Crippen LogP contribution in [0.3, 0.4) is 0 Å². The Labute approximate surface area is 162 Å². The summed E-state index contributed by atoms with van der Waals surface area (Å²) in [5.41, 5.74) is 12.3. The van der Waals surface area contributed by atoms with Gasteiger partial charge in [0, 0.05) is 37.3 Å². The van der Waals surface area contributed by atoms with Crippen molar-refractivity contribution in [2.75, 3.05) is 12.8 Å². The summed E-state index contributed by atoms with van der Waals surface area (Å²) in [5, 5.41) is 5.56. The van der Waals surface area contributed by atoms with Crippen LogP contribution >= 0.6 is 0 Å². The molecule has 0 saturated heterocycles. The van der Waals surface area contributed by atoms with E-state index in [-0.39, 0.29) is 0 Å². The zero-order valence-corrected chi connectivity index (χ0v) is 15.9. The first-order valence-corrected chi connectivity index (χ1v) is 9.21. The number of hydrogen-bond donors (Lipinski definition) is 1. The summed E-state index contributed by atoms with van der Waals surface area (Å²) in [4.78, 5) is 16.1. The molecule has 4 aromatic rings. The molecule has 0 fully saturated rings. The Balaban J connectivity index is 1.55. The van der Waals surface area contributed by atoms with Crippen LogP contribution in [0.2, 0.25) is 0 Å². The molecule has 0 aliphatic carbocycles. The summed E-state index contributed by atoms with van der Waals surface area (Å²) in [5.74, 6) is 1.05. The van der Waals surface area contributed by atoms with Gasteiger partial charge in [-0.3, -0.25) is 9.88 Å². The average Bonchev–Trinajstić information content (AvgIpc) is 3.27. The number of anilines is 1. The molecule has 0 atom stereocenters. The van der Waals surface area contributed by atoms with Crippen LogP contribution in [-0.2, 0) is 31.0 Å². The molecule has 0 radical (unpaired) electrons. The maximum absolute atomic E-state index is 6.20. The maximum atomic E-state index is 6.20. The van der Waals surface area contributed by atoms with Crippen LogP contribution < -0.4 is 5.73 Å². The van der Waals surface area contributed by atoms with E-state index >= 15 is 0 Å². The molecule has 3 aromatic heterocycles. The fourth-order valence-corrected chi connectivity index (χ4v) is 3.92. The van der Waals surface area contributed by atoms with Crippen molar-refractivity contribution >= 4 is 22.5 Å². The molecule has 28 heavy (non-hydrogen) atoms. The highest BCUT2D eigenvalue weighted by Gasteiger charge is 2.22. The molecule has 4 heterocycles. The molecular formula is C20H21N7O. The molecule has 1 aliphatic rings. The molecule has 1 aliphatic heterocycles. The van der Waals surface area contributed by atoms with Crippen molar-refractivity contribution in [3.8, 4) is 0 Å². The van der Waals surface area contributed by atoms with Crippen molar-refractivity contribution in [3.05, 3.63) is 58.7 Å². The SMILES string of the molecule is COCc1cc(C)cc2c1nc(N)n1nc(CN3Cc4cccnc4C3)nc21. The van der Waals surface area contributed by atoms with Crippen molar-refractivity contribution < 1.29 is 4.74 Å². The number of hydrogen-bond acceptors (Lipinski definition) is 7. The Bertz CT molecular complexity index is 1180. The summed E-state index contributed by atoms with van der Waals surface area (Å²) >= 11 is 0. The molecule has 0 amide bonds. The van der Waals surface area contributed by atoms with Crippen LogP contribution in [0.5, 0.6) is 0 Å². The highest BCUT2D eigenvalue weighted by atomic mass is 16.5. The monoisotopic (exact) mass is 375 g/mol. The van der Waals surface area contributed by atoms with E-state index in [1.165, 1.54) is 5.56 Å². The highest BCUT2D eigenvalue weighted by Crippen LogP contribution is 2.26. The van der Waals surface area contributed by atoms with Gasteiger partial charge < -0.3 is 10.5 Å². The smallest absolute Gasteiger partial charge is 0.223 e. The van der Waals surface area contributed by atoms with Crippen molar-refractivity contribution in [2.24, 2.45) is 0 Å². The maximum Gasteiger partial charge on any atom is 0.223 e. The quantitative estimate of drug-likeness (QED) is 0.584. The Morgan fingerprint density at radius 1 is 1.21 bits per heavy atom. The number of aromatic nitrogens is 5. The predicted molar refractivity (Wildman–Crippen MR) is 105 cm³/mol. The van der Waals surface area contributed by atoms with Crippen LogP contribution in [0.25, 0.3) is 16.6 Å². The van der Waals surface area contributed by atoms with Gasteiger partial charge in [-0.2, -0.15) is 4.52 Å². The Morgan fingerprint density at radius 3 is 2.93 bits per heavy atom. The van der Waals surface area contributed by atoms with E-state index in [1.54, 1.807) is 11.6 Å². The van der Waals surface area contributed by atoms with Gasteiger partial charge in [-0.25, -0.2) is 9.97 Å². The number of benzene rings is 1. The summed E-state index contributed by atoms with van der Waals surface area (Å²) in [6, 6.07) is 8.24. The van der Waals surface area contributed by atoms with Gasteiger partial charge in [0.15, 0.2) is 11.5 Å². The number of nitrogen functional groups attached to an aromatic ring is 1. The number of pyridine rings is 1. The third-order valence-electron chi connectivity index (χ3n) is 5.09. The summed E-state index contributed by atoms with van der Waals surface area (Å²) in [6.07, 6.45) is 1.84. The molecule has 0 bridgehead atoms. The van der Waals surface area contributed by atoms with Gasteiger partial charge in [-0.05, 0) is 30.2 Å². The van der Waals surface area contributed by atoms with Crippen molar-refractivity contribution in [1.82, 2.24) is 29.5 Å². The van der Waals surface area contributed by atoms with Crippen molar-refractivity contribution in [2.45, 2.75) is 33.2 Å². The lowest BCUT2D eigenvalue weighted by atomic mass is 10.1. The zero-order chi connectivity index (χ0) is 19.3. The van der Waals surface area contributed by atoms with Crippen LogP contribution in [0.15, 0.2) is 30.5 Å². The largest absolute Gasteiger partial charge is 0.380 e. The van der Waals surface area contributed by atoms with E-state index in [9.17, 15) is 0 Å². The van der Waals surface area contributed by atoms with Gasteiger partial charge in [0.05, 0.1) is 24.4 Å². The van der Waals surface area contributed by atoms with Gasteiger partial charge in [-0.15, -0.1) is 5.10 Å². The molecule has 5 rings (SSSR count). The number of nitrogens with zero attached hydrogens (tertiary/aromatic N) is 6. The minimum Gasteiger partial charge on any atom is -0.380 e. The summed E-state index contributed by atoms with van der Waals surface area (Å²) in [7, 11) is 1.67. The molecule has 1 aromatic carbocycles. The second kappa shape index (κ2) is 6.50. The molecule has 2 N–H and O–H groups in total. The third-order valence-corrected chi connectivity index (χ3v) is 5.09. The number of nitrogens with two attached hydrogens (primary N) is 1. The van der Waals surface area contributed by atoms with Crippen LogP contribution in [-0.4, -0.2) is 36.6 Å². The van der Waals surface area contributed by atoms with E-state index < -0.39 is 0 Å². The number of aryl methyl sites for hydroxylation is 1. The molecule has 142 valence electrons. The first kappa shape index (κ1) is 17.0. The summed E-state index contributed by atoms with van der Waals surface area (Å²) < 4.78 is 6.97. The standard InChI is InChI=1S/C20H21N7O/c1-12-6-14(11-28-2)18-15(7-12)19-23-17(25-27(19)20(21)24-18)10-26-8-13-4-3-5-22-16(13)9-26/h3-7H,8-11H2,1-2H3,(H2,21,24). The van der Waals surface area contributed by atoms with E-state index in [4.69, 9.17) is 15.5 Å². The van der Waals surface area contributed by atoms with E-state index in [0.717, 1.165) is 52.3 Å². The van der Waals surface area contributed by atoms with Gasteiger partial charge in [0.25, 0.3) is 0 Å². The van der Waals surface area contributed by atoms with Crippen LogP contribution in [0.1, 0.15) is 28.2 Å². The van der Waals surface area contributed by atoms with Gasteiger partial charge >= 0.3 is 0 Å². The van der Waals surface area contributed by atoms with E-state index in [2.05, 4.69) is 45.1 Å². The second-order valence-electron chi connectivity index (χ2n) is 7.24. The van der Waals surface area contributed by atoms with Crippen molar-refractivity contribution in [3.63, 3.8) is 0 Å². The molecular weight excluding hydrogens is 354 g/mol. The number of rotatable bonds is 4. The molecule has 8 heteroatoms. The normalized spacial score (nSPS) is 14.2. The number of methoxy groups -OCH3 is 1. The molecule has 0 saturated carbocycles. The van der Waals surface area contributed by atoms with E-state index in [0.29, 0.717) is 19.1 Å². The first-order chi connectivity index (χ1) is 13.6. The van der Waals surface area contributed by atoms with Crippen LogP contribution in [0.4, 0.5) is 5.95 Å². The minimum atomic E-state index is 0.328. The molecule has 8 nitrogen and oxygen atoms in total. The lowest BCUT2D eigenvalue weighted by Gasteiger charge is -2.10. The van der Waals surface area contributed by atoms with Crippen LogP contribution in [0, 0.1) is 6.92 Å². The topological polar surface area (TPSA) is 94.5 Å².